The number of aromatic nitrogens is 2. The Kier molecular flexibility index (Phi) is 4.01. The number of hydrogen-bond acceptors (Lipinski definition) is 3. The van der Waals surface area contributed by atoms with E-state index in [0.717, 1.165) is 38.2 Å². The average molecular weight is 251 g/mol. The summed E-state index contributed by atoms with van der Waals surface area (Å²) in [5, 5.41) is 13.2. The maximum atomic E-state index is 10.8. The van der Waals surface area contributed by atoms with Gasteiger partial charge in [0.05, 0.1) is 5.69 Å². The Morgan fingerprint density at radius 2 is 2.39 bits per heavy atom. The first-order chi connectivity index (χ1) is 8.54. The van der Waals surface area contributed by atoms with E-state index < -0.39 is 5.97 Å². The molecule has 1 aliphatic heterocycles. The van der Waals surface area contributed by atoms with E-state index in [4.69, 9.17) is 5.11 Å². The SMILES string of the molecule is Cc1nn(C)cc1CN1CCCC(CC(=O)O)C1. The summed E-state index contributed by atoms with van der Waals surface area (Å²) in [6.07, 6.45) is 4.48. The highest BCUT2D eigenvalue weighted by Gasteiger charge is 2.22. The summed E-state index contributed by atoms with van der Waals surface area (Å²) in [5.41, 5.74) is 2.31. The minimum atomic E-state index is -0.681. The number of piperidine rings is 1. The second kappa shape index (κ2) is 5.52. The monoisotopic (exact) mass is 251 g/mol. The van der Waals surface area contributed by atoms with Crippen molar-refractivity contribution in [2.75, 3.05) is 13.1 Å². The second-order valence-electron chi connectivity index (χ2n) is 5.25. The van der Waals surface area contributed by atoms with Gasteiger partial charge in [-0.3, -0.25) is 14.4 Å². The molecule has 0 spiro atoms. The molecule has 2 rings (SSSR count). The van der Waals surface area contributed by atoms with E-state index in [2.05, 4.69) is 16.2 Å². The molecule has 1 N–H and O–H groups in total. The van der Waals surface area contributed by atoms with Crippen molar-refractivity contribution in [3.8, 4) is 0 Å². The molecule has 1 aliphatic rings. The van der Waals surface area contributed by atoms with Gasteiger partial charge in [0.25, 0.3) is 0 Å². The summed E-state index contributed by atoms with van der Waals surface area (Å²) in [7, 11) is 1.93. The Hall–Kier alpha value is -1.36. The van der Waals surface area contributed by atoms with Gasteiger partial charge in [0, 0.05) is 38.3 Å². The van der Waals surface area contributed by atoms with Gasteiger partial charge < -0.3 is 5.11 Å². The zero-order valence-corrected chi connectivity index (χ0v) is 11.1. The van der Waals surface area contributed by atoms with Crippen molar-refractivity contribution in [1.29, 1.82) is 0 Å². The summed E-state index contributed by atoms with van der Waals surface area (Å²) in [6.45, 7) is 4.86. The molecule has 1 saturated heterocycles. The fourth-order valence-electron chi connectivity index (χ4n) is 2.75. The van der Waals surface area contributed by atoms with Crippen LogP contribution in [-0.4, -0.2) is 38.8 Å². The van der Waals surface area contributed by atoms with E-state index in [-0.39, 0.29) is 0 Å². The van der Waals surface area contributed by atoms with E-state index in [1.807, 2.05) is 18.7 Å². The van der Waals surface area contributed by atoms with E-state index in [9.17, 15) is 4.79 Å². The molecule has 0 bridgehead atoms. The summed E-state index contributed by atoms with van der Waals surface area (Å²) in [5.74, 6) is -0.382. The topological polar surface area (TPSA) is 58.4 Å². The summed E-state index contributed by atoms with van der Waals surface area (Å²) >= 11 is 0. The number of hydrogen-bond donors (Lipinski definition) is 1. The fourth-order valence-corrected chi connectivity index (χ4v) is 2.75. The fraction of sp³-hybridized carbons (Fsp3) is 0.692. The predicted octanol–water partition coefficient (Wildman–Crippen LogP) is 1.42. The standard InChI is InChI=1S/C13H21N3O2/c1-10-12(8-15(2)14-10)9-16-5-3-4-11(7-16)6-13(17)18/h8,11H,3-7,9H2,1-2H3,(H,17,18). The van der Waals surface area contributed by atoms with E-state index >= 15 is 0 Å². The molecule has 1 fully saturated rings. The van der Waals surface area contributed by atoms with Crippen LogP contribution in [0, 0.1) is 12.8 Å². The Bertz CT molecular complexity index is 428. The van der Waals surface area contributed by atoms with Crippen molar-refractivity contribution in [1.82, 2.24) is 14.7 Å². The molecular weight excluding hydrogens is 230 g/mol. The van der Waals surface area contributed by atoms with Gasteiger partial charge >= 0.3 is 5.97 Å². The molecular formula is C13H21N3O2. The lowest BCUT2D eigenvalue weighted by atomic mass is 9.94. The van der Waals surface area contributed by atoms with Crippen LogP contribution in [0.5, 0.6) is 0 Å². The lowest BCUT2D eigenvalue weighted by Gasteiger charge is -2.31. The van der Waals surface area contributed by atoms with Gasteiger partial charge in [-0.15, -0.1) is 0 Å². The van der Waals surface area contributed by atoms with Crippen molar-refractivity contribution >= 4 is 5.97 Å². The highest BCUT2D eigenvalue weighted by atomic mass is 16.4. The molecule has 0 saturated carbocycles. The van der Waals surface area contributed by atoms with Crippen LogP contribution in [0.3, 0.4) is 0 Å². The summed E-state index contributed by atoms with van der Waals surface area (Å²) < 4.78 is 1.84. The van der Waals surface area contributed by atoms with Gasteiger partial charge in [-0.05, 0) is 32.2 Å². The van der Waals surface area contributed by atoms with Crippen LogP contribution in [0.4, 0.5) is 0 Å². The minimum absolute atomic E-state index is 0.294. The quantitative estimate of drug-likeness (QED) is 0.879. The second-order valence-corrected chi connectivity index (χ2v) is 5.25. The number of aliphatic carboxylic acids is 1. The molecule has 1 atom stereocenters. The van der Waals surface area contributed by atoms with Crippen LogP contribution in [0.15, 0.2) is 6.20 Å². The van der Waals surface area contributed by atoms with Gasteiger partial charge in [-0.1, -0.05) is 0 Å². The van der Waals surface area contributed by atoms with Crippen LogP contribution in [0.1, 0.15) is 30.5 Å². The first-order valence-corrected chi connectivity index (χ1v) is 6.48. The lowest BCUT2D eigenvalue weighted by molar-refractivity contribution is -0.138. The molecule has 5 nitrogen and oxygen atoms in total. The molecule has 2 heterocycles. The van der Waals surface area contributed by atoms with E-state index in [1.165, 1.54) is 5.56 Å². The lowest BCUT2D eigenvalue weighted by Crippen LogP contribution is -2.35. The zero-order chi connectivity index (χ0) is 13.1. The van der Waals surface area contributed by atoms with Crippen LogP contribution < -0.4 is 0 Å². The average Bonchev–Trinajstić information content (AvgIpc) is 2.57. The van der Waals surface area contributed by atoms with E-state index in [0.29, 0.717) is 12.3 Å². The van der Waals surface area contributed by atoms with Crippen molar-refractivity contribution < 1.29 is 9.90 Å². The number of carboxylic acids is 1. The highest BCUT2D eigenvalue weighted by molar-refractivity contribution is 5.67. The van der Waals surface area contributed by atoms with Crippen molar-refractivity contribution in [3.05, 3.63) is 17.5 Å². The van der Waals surface area contributed by atoms with Gasteiger partial charge in [-0.25, -0.2) is 0 Å². The molecule has 1 aromatic heterocycles. The number of likely N-dealkylation sites (tertiary alicyclic amines) is 1. The van der Waals surface area contributed by atoms with Gasteiger partial charge in [-0.2, -0.15) is 5.10 Å². The van der Waals surface area contributed by atoms with Crippen LogP contribution in [0.2, 0.25) is 0 Å². The largest absolute Gasteiger partial charge is 0.481 e. The molecule has 0 radical (unpaired) electrons. The Morgan fingerprint density at radius 1 is 1.61 bits per heavy atom. The van der Waals surface area contributed by atoms with Gasteiger partial charge in [0.2, 0.25) is 0 Å². The van der Waals surface area contributed by atoms with Crippen molar-refractivity contribution in [2.45, 2.75) is 32.7 Å². The summed E-state index contributed by atoms with van der Waals surface area (Å²) in [4.78, 5) is 13.1. The molecule has 100 valence electrons. The zero-order valence-electron chi connectivity index (χ0n) is 11.1. The third-order valence-corrected chi connectivity index (χ3v) is 3.58. The number of aryl methyl sites for hydroxylation is 2. The van der Waals surface area contributed by atoms with Crippen LogP contribution >= 0.6 is 0 Å². The van der Waals surface area contributed by atoms with E-state index in [1.54, 1.807) is 0 Å². The van der Waals surface area contributed by atoms with Gasteiger partial charge in [0.15, 0.2) is 0 Å². The van der Waals surface area contributed by atoms with Crippen LogP contribution in [-0.2, 0) is 18.4 Å². The molecule has 1 aromatic rings. The maximum absolute atomic E-state index is 10.8. The molecule has 18 heavy (non-hydrogen) atoms. The smallest absolute Gasteiger partial charge is 0.303 e. The third kappa shape index (κ3) is 3.32. The van der Waals surface area contributed by atoms with Crippen molar-refractivity contribution in [3.63, 3.8) is 0 Å². The first kappa shape index (κ1) is 13.1. The number of carbonyl (C=O) groups is 1. The van der Waals surface area contributed by atoms with Crippen LogP contribution in [0.25, 0.3) is 0 Å². The highest BCUT2D eigenvalue weighted by Crippen LogP contribution is 2.21. The maximum Gasteiger partial charge on any atom is 0.303 e. The predicted molar refractivity (Wildman–Crippen MR) is 68.2 cm³/mol. The minimum Gasteiger partial charge on any atom is -0.481 e. The number of carboxylic acid groups (broad SMARTS) is 1. The Labute approximate surface area is 107 Å². The third-order valence-electron chi connectivity index (χ3n) is 3.58. The number of rotatable bonds is 4. The summed E-state index contributed by atoms with van der Waals surface area (Å²) in [6, 6.07) is 0. The molecule has 1 unspecified atom stereocenters. The number of nitrogens with zero attached hydrogens (tertiary/aromatic N) is 3. The molecule has 0 aromatic carbocycles. The molecule has 0 aliphatic carbocycles. The first-order valence-electron chi connectivity index (χ1n) is 6.48. The molecule has 5 heteroatoms. The van der Waals surface area contributed by atoms with Crippen molar-refractivity contribution in [2.24, 2.45) is 13.0 Å². The Balaban J connectivity index is 1.93. The molecule has 0 amide bonds. The van der Waals surface area contributed by atoms with Gasteiger partial charge in [0.1, 0.15) is 0 Å². The normalized spacial score (nSPS) is 21.1. The Morgan fingerprint density at radius 3 is 3.00 bits per heavy atom.